The summed E-state index contributed by atoms with van der Waals surface area (Å²) < 4.78 is 48.4. The Morgan fingerprint density at radius 2 is 1.76 bits per heavy atom. The van der Waals surface area contributed by atoms with Gasteiger partial charge in [-0.1, -0.05) is 63.9 Å². The minimum Gasteiger partial charge on any atom is -0.391 e. The van der Waals surface area contributed by atoms with Crippen LogP contribution >= 0.6 is 10.6 Å². The van der Waals surface area contributed by atoms with E-state index in [1.165, 1.54) is 6.42 Å². The molecular weight excluding hydrogens is 512 g/mol. The Kier molecular flexibility index (Phi) is 10.0. The van der Waals surface area contributed by atoms with Gasteiger partial charge in [-0.3, -0.25) is 13.9 Å². The molecule has 1 aliphatic carbocycles. The van der Waals surface area contributed by atoms with Gasteiger partial charge in [0.2, 0.25) is 15.9 Å². The molecule has 2 aromatic carbocycles. The minimum atomic E-state index is -3.84. The molecule has 0 saturated heterocycles. The Hall–Kier alpha value is -1.69. The van der Waals surface area contributed by atoms with Gasteiger partial charge in [-0.05, 0) is 59.9 Å². The summed E-state index contributed by atoms with van der Waals surface area (Å²) in [5, 5.41) is 15.5. The van der Waals surface area contributed by atoms with Crippen LogP contribution in [0.15, 0.2) is 47.4 Å². The highest BCUT2D eigenvalue weighted by Crippen LogP contribution is 2.49. The molecule has 0 bridgehead atoms. The van der Waals surface area contributed by atoms with Crippen LogP contribution in [0.5, 0.6) is 0 Å². The van der Waals surface area contributed by atoms with Crippen LogP contribution in [-0.4, -0.2) is 58.7 Å². The molecule has 1 saturated carbocycles. The zero-order valence-electron chi connectivity index (χ0n) is 22.1. The lowest BCUT2D eigenvalue weighted by Gasteiger charge is -2.37. The lowest BCUT2D eigenvalue weighted by atomic mass is 9.73. The fourth-order valence-electron chi connectivity index (χ4n) is 5.33. The van der Waals surface area contributed by atoms with Gasteiger partial charge in [0.25, 0.3) is 0 Å². The quantitative estimate of drug-likeness (QED) is 0.276. The number of nitrogens with one attached hydrogen (secondary N) is 2. The second kappa shape index (κ2) is 12.4. The van der Waals surface area contributed by atoms with Crippen molar-refractivity contribution in [1.29, 1.82) is 0 Å². The van der Waals surface area contributed by atoms with E-state index in [1.54, 1.807) is 18.2 Å². The first-order valence-electron chi connectivity index (χ1n) is 13.0. The fraction of sp³-hybridized carbons (Fsp3) is 0.593. The van der Waals surface area contributed by atoms with Crippen LogP contribution in [0.3, 0.4) is 0 Å². The van der Waals surface area contributed by atoms with E-state index in [0.717, 1.165) is 29.9 Å². The summed E-state index contributed by atoms with van der Waals surface area (Å²) >= 11 is 0. The highest BCUT2D eigenvalue weighted by atomic mass is 32.3. The molecule has 0 heterocycles. The number of carbonyl (C=O) groups excluding carboxylic acids is 1. The number of hydrogen-bond acceptors (Lipinski definition) is 6. The predicted molar refractivity (Wildman–Crippen MR) is 150 cm³/mol. The van der Waals surface area contributed by atoms with E-state index in [2.05, 4.69) is 23.9 Å². The smallest absolute Gasteiger partial charge is 0.240 e. The second-order valence-electron chi connectivity index (χ2n) is 10.8. The van der Waals surface area contributed by atoms with Gasteiger partial charge < -0.3 is 10.4 Å². The predicted octanol–water partition coefficient (Wildman–Crippen LogP) is 4.59. The summed E-state index contributed by atoms with van der Waals surface area (Å²) in [5.41, 5.74) is 0. The van der Waals surface area contributed by atoms with Crippen LogP contribution in [0.4, 0.5) is 0 Å². The topological polar surface area (TPSA) is 136 Å². The van der Waals surface area contributed by atoms with Crippen molar-refractivity contribution in [3.05, 3.63) is 42.5 Å². The number of carbonyl (C=O) groups is 1. The normalized spacial score (nSPS) is 23.8. The van der Waals surface area contributed by atoms with Gasteiger partial charge in [0.15, 0.2) is 0 Å². The van der Waals surface area contributed by atoms with Crippen molar-refractivity contribution in [2.75, 3.05) is 12.0 Å². The average Bonchev–Trinajstić information content (AvgIpc) is 2.82. The summed E-state index contributed by atoms with van der Waals surface area (Å²) in [4.78, 5) is 13.5. The number of sulfonamides is 1. The Morgan fingerprint density at radius 3 is 2.41 bits per heavy atom. The zero-order chi connectivity index (χ0) is 27.4. The first-order chi connectivity index (χ1) is 17.3. The van der Waals surface area contributed by atoms with Crippen molar-refractivity contribution in [3.8, 4) is 0 Å². The third kappa shape index (κ3) is 8.40. The lowest BCUT2D eigenvalue weighted by Crippen LogP contribution is -2.54. The van der Waals surface area contributed by atoms with Crippen LogP contribution in [0, 0.1) is 17.8 Å². The van der Waals surface area contributed by atoms with Gasteiger partial charge in [-0.25, -0.2) is 13.1 Å². The van der Waals surface area contributed by atoms with Crippen LogP contribution < -0.4 is 10.0 Å². The van der Waals surface area contributed by atoms with Crippen LogP contribution in [0.1, 0.15) is 52.9 Å². The monoisotopic (exact) mass is 554 g/mol. The van der Waals surface area contributed by atoms with E-state index < -0.39 is 50.5 Å². The van der Waals surface area contributed by atoms with Gasteiger partial charge in [0, 0.05) is 0 Å². The number of aliphatic hydroxyl groups excluding tert-OH is 1. The van der Waals surface area contributed by atoms with Crippen molar-refractivity contribution < 1.29 is 27.4 Å². The van der Waals surface area contributed by atoms with Gasteiger partial charge in [-0.15, -0.1) is 0 Å². The number of amides is 1. The molecule has 6 atom stereocenters. The Morgan fingerprint density at radius 1 is 1.08 bits per heavy atom. The number of fused-ring (bicyclic) bond motifs is 1. The summed E-state index contributed by atoms with van der Waals surface area (Å²) in [7, 11) is -7.36. The standard InChI is InChI=1S/C27H42N2O6S2/c1-5-24(26(30)16-22-14-18(2)10-11-19(22)3)28-27(31)25(29-36(4,32)33)17-37(34,35)23-13-12-20-8-6-7-9-21(20)15-23/h6-9,12-13,15,18-19,22,24-26,29-30,34-35H,5,10-11,14,16-17H2,1-4H3,(H,28,31)/t18?,19?,22?,24-,25+,26+/m0/s1. The number of hydrogen-bond donors (Lipinski definition) is 5. The molecule has 2 aromatic rings. The first kappa shape index (κ1) is 29.9. The van der Waals surface area contributed by atoms with Gasteiger partial charge in [0.05, 0.1) is 29.0 Å². The highest BCUT2D eigenvalue weighted by Gasteiger charge is 2.34. The first-order valence-corrected chi connectivity index (χ1v) is 16.6. The number of benzene rings is 2. The molecule has 0 radical (unpaired) electrons. The largest absolute Gasteiger partial charge is 0.391 e. The Balaban J connectivity index is 1.75. The van der Waals surface area contributed by atoms with E-state index in [1.807, 2.05) is 31.2 Å². The third-order valence-corrected chi connectivity index (χ3v) is 10.1. The molecular formula is C27H42N2O6S2. The molecule has 0 aromatic heterocycles. The number of rotatable bonds is 11. The molecule has 5 N–H and O–H groups in total. The van der Waals surface area contributed by atoms with E-state index >= 15 is 0 Å². The fourth-order valence-corrected chi connectivity index (χ4v) is 7.63. The summed E-state index contributed by atoms with van der Waals surface area (Å²) in [6, 6.07) is 10.4. The molecule has 0 spiro atoms. The Bertz CT molecular complexity index is 1170. The van der Waals surface area contributed by atoms with E-state index in [0.29, 0.717) is 30.6 Å². The van der Waals surface area contributed by atoms with Crippen LogP contribution in [0.2, 0.25) is 0 Å². The van der Waals surface area contributed by atoms with Crippen molar-refractivity contribution in [1.82, 2.24) is 10.0 Å². The maximum Gasteiger partial charge on any atom is 0.240 e. The van der Waals surface area contributed by atoms with Crippen LogP contribution in [0.25, 0.3) is 10.8 Å². The van der Waals surface area contributed by atoms with Gasteiger partial charge in [-0.2, -0.15) is 10.6 Å². The molecule has 3 unspecified atom stereocenters. The second-order valence-corrected chi connectivity index (χ2v) is 14.7. The van der Waals surface area contributed by atoms with Crippen molar-refractivity contribution in [2.24, 2.45) is 17.8 Å². The van der Waals surface area contributed by atoms with Crippen molar-refractivity contribution in [3.63, 3.8) is 0 Å². The Labute approximate surface area is 222 Å². The molecule has 1 amide bonds. The van der Waals surface area contributed by atoms with Gasteiger partial charge >= 0.3 is 0 Å². The maximum absolute atomic E-state index is 13.3. The minimum absolute atomic E-state index is 0.229. The number of aliphatic hydroxyl groups is 1. The van der Waals surface area contributed by atoms with Crippen molar-refractivity contribution >= 4 is 37.3 Å². The summed E-state index contributed by atoms with van der Waals surface area (Å²) in [6.07, 6.45) is 4.49. The van der Waals surface area contributed by atoms with Crippen molar-refractivity contribution in [2.45, 2.75) is 76.0 Å². The molecule has 0 aliphatic heterocycles. The molecule has 1 fully saturated rings. The van der Waals surface area contributed by atoms with E-state index in [-0.39, 0.29) is 4.90 Å². The lowest BCUT2D eigenvalue weighted by molar-refractivity contribution is -0.124. The molecule has 208 valence electrons. The molecule has 1 aliphatic rings. The SMILES string of the molecule is CC[C@H](NC(=O)[C@@H](CS(O)(O)c1ccc2ccccc2c1)NS(C)(=O)=O)[C@H](O)CC1CC(C)CCC1C. The zero-order valence-corrected chi connectivity index (χ0v) is 23.8. The molecule has 10 heteroatoms. The average molecular weight is 555 g/mol. The highest BCUT2D eigenvalue weighted by molar-refractivity contribution is 8.24. The summed E-state index contributed by atoms with van der Waals surface area (Å²) in [6.45, 7) is 6.27. The van der Waals surface area contributed by atoms with E-state index in [9.17, 15) is 27.4 Å². The maximum atomic E-state index is 13.3. The molecule has 3 rings (SSSR count). The van der Waals surface area contributed by atoms with Gasteiger partial charge in [0.1, 0.15) is 6.04 Å². The molecule has 37 heavy (non-hydrogen) atoms. The summed E-state index contributed by atoms with van der Waals surface area (Å²) in [5.74, 6) is 0.241. The molecule has 8 nitrogen and oxygen atoms in total. The third-order valence-electron chi connectivity index (χ3n) is 7.57. The van der Waals surface area contributed by atoms with E-state index in [4.69, 9.17) is 0 Å². The van der Waals surface area contributed by atoms with Crippen LogP contribution in [-0.2, 0) is 14.8 Å².